The Labute approximate surface area is 190 Å². The molecule has 2 aliphatic carbocycles. The molecule has 4 aliphatic rings. The van der Waals surface area contributed by atoms with Crippen LogP contribution in [0.5, 0.6) is 11.5 Å². The molecule has 166 valence electrons. The number of fused-ring (bicyclic) bond motifs is 1. The molecular formula is C27H31N3O2. The summed E-state index contributed by atoms with van der Waals surface area (Å²) < 4.78 is 11.4. The number of benzene rings is 2. The predicted molar refractivity (Wildman–Crippen MR) is 125 cm³/mol. The first-order valence-corrected chi connectivity index (χ1v) is 12.2. The lowest BCUT2D eigenvalue weighted by molar-refractivity contribution is -0.00714. The van der Waals surface area contributed by atoms with Gasteiger partial charge in [0.25, 0.3) is 0 Å². The van der Waals surface area contributed by atoms with Crippen molar-refractivity contribution in [2.24, 2.45) is 5.41 Å². The van der Waals surface area contributed by atoms with E-state index in [2.05, 4.69) is 28.4 Å². The highest BCUT2D eigenvalue weighted by molar-refractivity contribution is 5.79. The number of nitrogens with one attached hydrogen (secondary N) is 1. The molecule has 0 aromatic heterocycles. The van der Waals surface area contributed by atoms with Gasteiger partial charge in [0.05, 0.1) is 11.3 Å². The summed E-state index contributed by atoms with van der Waals surface area (Å²) in [7, 11) is 0. The van der Waals surface area contributed by atoms with Gasteiger partial charge in [0, 0.05) is 30.7 Å². The molecule has 5 heteroatoms. The molecule has 1 spiro atoms. The molecule has 2 heterocycles. The van der Waals surface area contributed by atoms with Crippen LogP contribution in [0.25, 0.3) is 11.1 Å². The van der Waals surface area contributed by atoms with Crippen LogP contribution in [0.1, 0.15) is 50.5 Å². The van der Waals surface area contributed by atoms with Crippen molar-refractivity contribution in [1.82, 2.24) is 5.32 Å². The molecule has 1 N–H and O–H groups in total. The van der Waals surface area contributed by atoms with Gasteiger partial charge in [-0.15, -0.1) is 0 Å². The summed E-state index contributed by atoms with van der Waals surface area (Å²) in [4.78, 5) is 2.40. The summed E-state index contributed by atoms with van der Waals surface area (Å²) in [6, 6.07) is 16.0. The minimum atomic E-state index is 0.562. The zero-order valence-corrected chi connectivity index (χ0v) is 18.6. The van der Waals surface area contributed by atoms with Gasteiger partial charge in [-0.05, 0) is 67.7 Å². The van der Waals surface area contributed by atoms with Crippen molar-refractivity contribution in [1.29, 1.82) is 5.26 Å². The Morgan fingerprint density at radius 3 is 2.47 bits per heavy atom. The zero-order chi connectivity index (χ0) is 21.5. The number of hydrogen-bond acceptors (Lipinski definition) is 5. The lowest BCUT2D eigenvalue weighted by Gasteiger charge is -2.55. The topological polar surface area (TPSA) is 57.5 Å². The van der Waals surface area contributed by atoms with Crippen LogP contribution in [0, 0.1) is 16.7 Å². The molecule has 1 saturated heterocycles. The van der Waals surface area contributed by atoms with E-state index in [1.165, 1.54) is 32.1 Å². The van der Waals surface area contributed by atoms with Crippen molar-refractivity contribution in [2.75, 3.05) is 31.2 Å². The second kappa shape index (κ2) is 8.01. The maximum absolute atomic E-state index is 10.1. The highest BCUT2D eigenvalue weighted by Crippen LogP contribution is 2.56. The van der Waals surface area contributed by atoms with Crippen LogP contribution in [0.4, 0.5) is 5.69 Å². The summed E-state index contributed by atoms with van der Waals surface area (Å²) in [5.74, 6) is 1.54. The van der Waals surface area contributed by atoms with Crippen molar-refractivity contribution in [2.45, 2.75) is 57.0 Å². The van der Waals surface area contributed by atoms with Crippen molar-refractivity contribution in [3.8, 4) is 28.7 Å². The first-order chi connectivity index (χ1) is 15.7. The first-order valence-electron chi connectivity index (χ1n) is 12.2. The predicted octanol–water partition coefficient (Wildman–Crippen LogP) is 4.89. The van der Waals surface area contributed by atoms with Crippen LogP contribution in [0.2, 0.25) is 0 Å². The minimum absolute atomic E-state index is 0.562. The van der Waals surface area contributed by atoms with Crippen molar-refractivity contribution >= 4 is 5.69 Å². The van der Waals surface area contributed by atoms with Crippen LogP contribution < -0.4 is 19.7 Å². The van der Waals surface area contributed by atoms with E-state index >= 15 is 0 Å². The Morgan fingerprint density at radius 1 is 0.969 bits per heavy atom. The Kier molecular flexibility index (Phi) is 4.99. The second-order valence-corrected chi connectivity index (χ2v) is 10.1. The normalized spacial score (nSPS) is 22.2. The molecule has 0 atom stereocenters. The molecule has 0 bridgehead atoms. The van der Waals surface area contributed by atoms with Gasteiger partial charge in [0.1, 0.15) is 19.3 Å². The van der Waals surface area contributed by atoms with E-state index in [1.807, 2.05) is 24.3 Å². The molecule has 2 aromatic rings. The van der Waals surface area contributed by atoms with Gasteiger partial charge >= 0.3 is 0 Å². The van der Waals surface area contributed by atoms with Crippen LogP contribution >= 0.6 is 0 Å². The Hall–Kier alpha value is -2.71. The Bertz CT molecular complexity index is 1040. The highest BCUT2D eigenvalue weighted by Gasteiger charge is 2.48. The minimum Gasteiger partial charge on any atom is -0.486 e. The lowest BCUT2D eigenvalue weighted by atomic mass is 9.54. The Morgan fingerprint density at radius 2 is 1.75 bits per heavy atom. The average molecular weight is 430 g/mol. The molecule has 32 heavy (non-hydrogen) atoms. The van der Waals surface area contributed by atoms with Crippen molar-refractivity contribution < 1.29 is 9.47 Å². The van der Waals surface area contributed by atoms with Crippen LogP contribution in [0.3, 0.4) is 0 Å². The van der Waals surface area contributed by atoms with E-state index in [0.29, 0.717) is 19.3 Å². The van der Waals surface area contributed by atoms with Gasteiger partial charge in [-0.1, -0.05) is 24.6 Å². The van der Waals surface area contributed by atoms with E-state index in [9.17, 15) is 5.26 Å². The standard InChI is InChI=1S/C27H31N3O2/c28-18-23-22(19-5-6-25-26(15-19)32-14-13-31-25)3-1-4-24(23)30-11-7-20(8-12-30)29-21-16-27(17-21)9-2-10-27/h1,3-6,15,20-21,29H,2,7-14,16-17H2. The third-order valence-electron chi connectivity index (χ3n) is 8.09. The van der Waals surface area contributed by atoms with E-state index in [1.54, 1.807) is 0 Å². The second-order valence-electron chi connectivity index (χ2n) is 10.1. The van der Waals surface area contributed by atoms with E-state index in [-0.39, 0.29) is 0 Å². The van der Waals surface area contributed by atoms with Gasteiger partial charge in [-0.2, -0.15) is 5.26 Å². The van der Waals surface area contributed by atoms with Crippen LogP contribution in [-0.2, 0) is 0 Å². The molecule has 2 aliphatic heterocycles. The SMILES string of the molecule is N#Cc1c(-c2ccc3c(c2)OCCO3)cccc1N1CCC(NC2CC3(CCC3)C2)CC1. The van der Waals surface area contributed by atoms with Crippen LogP contribution in [0.15, 0.2) is 36.4 Å². The first kappa shape index (κ1) is 19.9. The van der Waals surface area contributed by atoms with E-state index in [0.717, 1.165) is 71.3 Å². The third-order valence-corrected chi connectivity index (χ3v) is 8.09. The fraction of sp³-hybridized carbons (Fsp3) is 0.519. The van der Waals surface area contributed by atoms with E-state index < -0.39 is 0 Å². The smallest absolute Gasteiger partial charge is 0.161 e. The monoisotopic (exact) mass is 429 g/mol. The summed E-state index contributed by atoms with van der Waals surface area (Å²) in [6.45, 7) is 3.13. The van der Waals surface area contributed by atoms with Gasteiger partial charge in [-0.3, -0.25) is 0 Å². The molecule has 0 unspecified atom stereocenters. The number of nitrogens with zero attached hydrogens (tertiary/aromatic N) is 2. The maximum atomic E-state index is 10.1. The van der Waals surface area contributed by atoms with E-state index in [4.69, 9.17) is 9.47 Å². The van der Waals surface area contributed by atoms with Gasteiger partial charge in [0.2, 0.25) is 0 Å². The average Bonchev–Trinajstić information content (AvgIpc) is 2.79. The summed E-state index contributed by atoms with van der Waals surface area (Å²) >= 11 is 0. The number of anilines is 1. The summed E-state index contributed by atoms with van der Waals surface area (Å²) in [5.41, 5.74) is 4.49. The number of nitriles is 1. The largest absolute Gasteiger partial charge is 0.486 e. The number of piperidine rings is 1. The molecule has 0 amide bonds. The van der Waals surface area contributed by atoms with Crippen molar-refractivity contribution in [3.63, 3.8) is 0 Å². The molecule has 6 rings (SSSR count). The van der Waals surface area contributed by atoms with Gasteiger partial charge in [-0.25, -0.2) is 0 Å². The molecular weight excluding hydrogens is 398 g/mol. The molecule has 3 fully saturated rings. The number of ether oxygens (including phenoxy) is 2. The molecule has 2 saturated carbocycles. The number of hydrogen-bond donors (Lipinski definition) is 1. The fourth-order valence-electron chi connectivity index (χ4n) is 6.18. The van der Waals surface area contributed by atoms with Crippen LogP contribution in [-0.4, -0.2) is 38.4 Å². The highest BCUT2D eigenvalue weighted by atomic mass is 16.6. The summed E-state index contributed by atoms with van der Waals surface area (Å²) in [5, 5.41) is 14.0. The summed E-state index contributed by atoms with van der Waals surface area (Å²) in [6.07, 6.45) is 9.43. The quantitative estimate of drug-likeness (QED) is 0.750. The Balaban J connectivity index is 1.15. The maximum Gasteiger partial charge on any atom is 0.161 e. The van der Waals surface area contributed by atoms with Gasteiger partial charge in [0.15, 0.2) is 11.5 Å². The number of rotatable bonds is 4. The molecule has 2 aromatic carbocycles. The molecule has 5 nitrogen and oxygen atoms in total. The van der Waals surface area contributed by atoms with Crippen molar-refractivity contribution in [3.05, 3.63) is 42.0 Å². The zero-order valence-electron chi connectivity index (χ0n) is 18.6. The molecule has 0 radical (unpaired) electrons. The third kappa shape index (κ3) is 3.51. The lowest BCUT2D eigenvalue weighted by Crippen LogP contribution is -2.56. The van der Waals surface area contributed by atoms with Gasteiger partial charge < -0.3 is 19.7 Å². The fourth-order valence-corrected chi connectivity index (χ4v) is 6.18.